The number of carbonyl (C=O) groups excluding carboxylic acids is 2. The van der Waals surface area contributed by atoms with Gasteiger partial charge in [-0.25, -0.2) is 4.79 Å². The van der Waals surface area contributed by atoms with E-state index < -0.39 is 10.1 Å². The van der Waals surface area contributed by atoms with E-state index in [-0.39, 0.29) is 22.6 Å². The highest BCUT2D eigenvalue weighted by Gasteiger charge is 2.21. The fourth-order valence-corrected chi connectivity index (χ4v) is 4.70. The van der Waals surface area contributed by atoms with Crippen molar-refractivity contribution in [2.24, 2.45) is 0 Å². The molecule has 1 heterocycles. The minimum Gasteiger partial charge on any atom is -0.379 e. The zero-order valence-corrected chi connectivity index (χ0v) is 19.0. The minimum absolute atomic E-state index is 0.110. The SMILES string of the molecule is Cc1ccc(C)c(S(=O)(=O)Oc2ccc(C(=O)Nc3ccc(N4CCNC4=O)cc3)cc2)c1. The Kier molecular flexibility index (Phi) is 6.06. The predicted molar refractivity (Wildman–Crippen MR) is 125 cm³/mol. The van der Waals surface area contributed by atoms with Crippen LogP contribution >= 0.6 is 0 Å². The van der Waals surface area contributed by atoms with Crippen LogP contribution in [0.4, 0.5) is 16.2 Å². The second-order valence-corrected chi connectivity index (χ2v) is 9.23. The van der Waals surface area contributed by atoms with E-state index in [0.29, 0.717) is 29.9 Å². The summed E-state index contributed by atoms with van der Waals surface area (Å²) in [6.07, 6.45) is 0. The van der Waals surface area contributed by atoms with Gasteiger partial charge in [0.15, 0.2) is 0 Å². The highest BCUT2D eigenvalue weighted by Crippen LogP contribution is 2.24. The second kappa shape index (κ2) is 8.95. The van der Waals surface area contributed by atoms with Gasteiger partial charge in [-0.1, -0.05) is 12.1 Å². The maximum absolute atomic E-state index is 12.6. The van der Waals surface area contributed by atoms with E-state index in [1.807, 2.05) is 13.0 Å². The number of hydrogen-bond donors (Lipinski definition) is 2. The first-order valence-corrected chi connectivity index (χ1v) is 11.7. The first kappa shape index (κ1) is 22.3. The van der Waals surface area contributed by atoms with E-state index in [4.69, 9.17) is 4.18 Å². The summed E-state index contributed by atoms with van der Waals surface area (Å²) in [6, 6.07) is 17.8. The summed E-state index contributed by atoms with van der Waals surface area (Å²) in [6.45, 7) is 4.71. The first-order valence-electron chi connectivity index (χ1n) is 10.3. The van der Waals surface area contributed by atoms with Gasteiger partial charge in [0.25, 0.3) is 5.91 Å². The van der Waals surface area contributed by atoms with Crippen LogP contribution in [0.25, 0.3) is 0 Å². The minimum atomic E-state index is -4.00. The van der Waals surface area contributed by atoms with Gasteiger partial charge in [0.05, 0.1) is 0 Å². The molecule has 33 heavy (non-hydrogen) atoms. The molecule has 170 valence electrons. The molecule has 9 heteroatoms. The molecule has 0 bridgehead atoms. The van der Waals surface area contributed by atoms with Gasteiger partial charge in [-0.2, -0.15) is 8.42 Å². The van der Waals surface area contributed by atoms with Crippen LogP contribution in [0.5, 0.6) is 5.75 Å². The van der Waals surface area contributed by atoms with Crippen molar-refractivity contribution in [2.75, 3.05) is 23.3 Å². The molecule has 0 radical (unpaired) electrons. The number of aryl methyl sites for hydroxylation is 2. The van der Waals surface area contributed by atoms with Gasteiger partial charge in [-0.3, -0.25) is 9.69 Å². The van der Waals surface area contributed by atoms with E-state index >= 15 is 0 Å². The standard InChI is InChI=1S/C24H23N3O5S/c1-16-3-4-17(2)22(15-16)33(30,31)32-21-11-5-18(6-12-21)23(28)26-19-7-9-20(10-8-19)27-14-13-25-24(27)29/h3-12,15H,13-14H2,1-2H3,(H,25,29)(H,26,28). The number of nitrogens with zero attached hydrogens (tertiary/aromatic N) is 1. The fraction of sp³-hybridized carbons (Fsp3) is 0.167. The molecule has 4 rings (SSSR count). The Labute approximate surface area is 192 Å². The average Bonchev–Trinajstić information content (AvgIpc) is 3.22. The van der Waals surface area contributed by atoms with Crippen molar-refractivity contribution in [2.45, 2.75) is 18.7 Å². The van der Waals surface area contributed by atoms with E-state index in [1.165, 1.54) is 24.3 Å². The van der Waals surface area contributed by atoms with Crippen molar-refractivity contribution < 1.29 is 22.2 Å². The van der Waals surface area contributed by atoms with Crippen LogP contribution in [0.2, 0.25) is 0 Å². The van der Waals surface area contributed by atoms with E-state index in [9.17, 15) is 18.0 Å². The molecule has 8 nitrogen and oxygen atoms in total. The molecule has 0 aromatic heterocycles. The zero-order chi connectivity index (χ0) is 23.6. The second-order valence-electron chi connectivity index (χ2n) is 7.72. The van der Waals surface area contributed by atoms with Gasteiger partial charge < -0.3 is 14.8 Å². The molecule has 0 atom stereocenters. The predicted octanol–water partition coefficient (Wildman–Crippen LogP) is 3.85. The van der Waals surface area contributed by atoms with Crippen molar-refractivity contribution >= 4 is 33.4 Å². The van der Waals surface area contributed by atoms with E-state index in [2.05, 4.69) is 10.6 Å². The van der Waals surface area contributed by atoms with Crippen molar-refractivity contribution in [1.29, 1.82) is 0 Å². The zero-order valence-electron chi connectivity index (χ0n) is 18.2. The highest BCUT2D eigenvalue weighted by molar-refractivity contribution is 7.87. The summed E-state index contributed by atoms with van der Waals surface area (Å²) in [5.74, 6) is -0.244. The third kappa shape index (κ3) is 4.98. The Morgan fingerprint density at radius 3 is 2.33 bits per heavy atom. The first-order chi connectivity index (χ1) is 15.7. The summed E-state index contributed by atoms with van der Waals surface area (Å²) in [5, 5.41) is 5.52. The molecule has 1 aliphatic rings. The summed E-state index contributed by atoms with van der Waals surface area (Å²) in [7, 11) is -4.00. The molecule has 1 aliphatic heterocycles. The van der Waals surface area contributed by atoms with Gasteiger partial charge in [-0.15, -0.1) is 0 Å². The number of anilines is 2. The number of carbonyl (C=O) groups is 2. The Hall–Kier alpha value is -3.85. The van der Waals surface area contributed by atoms with Crippen LogP contribution in [-0.2, 0) is 10.1 Å². The third-order valence-electron chi connectivity index (χ3n) is 5.23. The van der Waals surface area contributed by atoms with Gasteiger partial charge in [-0.05, 0) is 79.6 Å². The molecule has 0 unspecified atom stereocenters. The topological polar surface area (TPSA) is 105 Å². The molecular weight excluding hydrogens is 442 g/mol. The number of nitrogens with one attached hydrogen (secondary N) is 2. The van der Waals surface area contributed by atoms with Crippen LogP contribution in [0.1, 0.15) is 21.5 Å². The molecule has 0 saturated carbocycles. The number of rotatable bonds is 6. The van der Waals surface area contributed by atoms with Crippen molar-refractivity contribution in [1.82, 2.24) is 5.32 Å². The molecular formula is C24H23N3O5S. The summed E-state index contributed by atoms with van der Waals surface area (Å²) in [5.41, 5.74) is 3.06. The number of benzene rings is 3. The van der Waals surface area contributed by atoms with E-state index in [1.54, 1.807) is 48.2 Å². The Bertz CT molecular complexity index is 1300. The van der Waals surface area contributed by atoms with Crippen LogP contribution < -0.4 is 19.7 Å². The lowest BCUT2D eigenvalue weighted by Gasteiger charge is -2.14. The molecule has 2 N–H and O–H groups in total. The van der Waals surface area contributed by atoms with E-state index in [0.717, 1.165) is 11.3 Å². The highest BCUT2D eigenvalue weighted by atomic mass is 32.2. The Morgan fingerprint density at radius 1 is 1.00 bits per heavy atom. The van der Waals surface area contributed by atoms with Crippen molar-refractivity contribution in [3.63, 3.8) is 0 Å². The van der Waals surface area contributed by atoms with Gasteiger partial charge in [0.2, 0.25) is 0 Å². The maximum atomic E-state index is 12.6. The van der Waals surface area contributed by atoms with Crippen LogP contribution in [-0.4, -0.2) is 33.4 Å². The monoisotopic (exact) mass is 465 g/mol. The number of urea groups is 1. The average molecular weight is 466 g/mol. The van der Waals surface area contributed by atoms with Crippen molar-refractivity contribution in [3.8, 4) is 5.75 Å². The molecule has 0 aliphatic carbocycles. The molecule has 3 amide bonds. The number of amides is 3. The van der Waals surface area contributed by atoms with Gasteiger partial charge >= 0.3 is 16.1 Å². The van der Waals surface area contributed by atoms with Gasteiger partial charge in [0, 0.05) is 30.0 Å². The van der Waals surface area contributed by atoms with Crippen LogP contribution in [0.3, 0.4) is 0 Å². The normalized spacial score (nSPS) is 13.5. The largest absolute Gasteiger partial charge is 0.379 e. The lowest BCUT2D eigenvalue weighted by Crippen LogP contribution is -2.27. The van der Waals surface area contributed by atoms with Crippen molar-refractivity contribution in [3.05, 3.63) is 83.4 Å². The Balaban J connectivity index is 1.42. The Morgan fingerprint density at radius 2 is 1.70 bits per heavy atom. The molecule has 1 saturated heterocycles. The number of hydrogen-bond acceptors (Lipinski definition) is 5. The molecule has 1 fully saturated rings. The summed E-state index contributed by atoms with van der Waals surface area (Å²) in [4.78, 5) is 26.0. The molecule has 3 aromatic rings. The molecule has 0 spiro atoms. The lowest BCUT2D eigenvalue weighted by molar-refractivity contribution is 0.102. The van der Waals surface area contributed by atoms with Crippen LogP contribution in [0, 0.1) is 13.8 Å². The smallest absolute Gasteiger partial charge is 0.339 e. The fourth-order valence-electron chi connectivity index (χ4n) is 3.46. The lowest BCUT2D eigenvalue weighted by atomic mass is 10.2. The maximum Gasteiger partial charge on any atom is 0.339 e. The quantitative estimate of drug-likeness (QED) is 0.538. The summed E-state index contributed by atoms with van der Waals surface area (Å²) < 4.78 is 30.5. The van der Waals surface area contributed by atoms with Gasteiger partial charge in [0.1, 0.15) is 10.6 Å². The molecule has 3 aromatic carbocycles. The summed E-state index contributed by atoms with van der Waals surface area (Å²) >= 11 is 0. The van der Waals surface area contributed by atoms with Crippen LogP contribution in [0.15, 0.2) is 71.6 Å². The third-order valence-corrected chi connectivity index (χ3v) is 6.62.